The van der Waals surface area contributed by atoms with E-state index in [1.54, 1.807) is 48.5 Å². The van der Waals surface area contributed by atoms with Crippen molar-refractivity contribution in [3.8, 4) is 11.4 Å². The van der Waals surface area contributed by atoms with Gasteiger partial charge in [-0.1, -0.05) is 41.0 Å². The van der Waals surface area contributed by atoms with Crippen LogP contribution in [0.2, 0.25) is 5.02 Å². The topological polar surface area (TPSA) is 108 Å². The molecular formula is C18H14ClN3O4S. The lowest BCUT2D eigenvalue weighted by Crippen LogP contribution is -2.14. The minimum Gasteiger partial charge on any atom is -0.452 e. The molecule has 1 aromatic heterocycles. The van der Waals surface area contributed by atoms with Crippen LogP contribution in [0.25, 0.3) is 11.4 Å². The summed E-state index contributed by atoms with van der Waals surface area (Å²) in [6, 6.07) is 13.8. The number of benzene rings is 2. The zero-order chi connectivity index (χ0) is 19.2. The van der Waals surface area contributed by atoms with E-state index in [2.05, 4.69) is 10.1 Å². The molecule has 0 saturated carbocycles. The normalized spacial score (nSPS) is 10.6. The summed E-state index contributed by atoms with van der Waals surface area (Å²) >= 11 is 7.11. The zero-order valence-corrected chi connectivity index (χ0v) is 15.5. The highest BCUT2D eigenvalue weighted by molar-refractivity contribution is 8.00. The van der Waals surface area contributed by atoms with Crippen molar-refractivity contribution < 1.29 is 18.8 Å². The van der Waals surface area contributed by atoms with Crippen molar-refractivity contribution >= 4 is 35.2 Å². The van der Waals surface area contributed by atoms with Crippen molar-refractivity contribution in [2.75, 3.05) is 5.75 Å². The molecule has 0 radical (unpaired) electrons. The summed E-state index contributed by atoms with van der Waals surface area (Å²) in [5.74, 6) is -0.467. The molecule has 0 aliphatic rings. The van der Waals surface area contributed by atoms with Crippen LogP contribution in [0.3, 0.4) is 0 Å². The second-order valence-electron chi connectivity index (χ2n) is 5.35. The van der Waals surface area contributed by atoms with Crippen LogP contribution in [0.15, 0.2) is 57.9 Å². The maximum atomic E-state index is 12.3. The van der Waals surface area contributed by atoms with Gasteiger partial charge < -0.3 is 15.0 Å². The summed E-state index contributed by atoms with van der Waals surface area (Å²) in [4.78, 5) is 28.1. The Balaban J connectivity index is 1.66. The smallest absolute Gasteiger partial charge is 0.339 e. The highest BCUT2D eigenvalue weighted by atomic mass is 35.5. The number of aromatic nitrogens is 2. The number of ether oxygens (including phenoxy) is 1. The van der Waals surface area contributed by atoms with Gasteiger partial charge in [-0.15, -0.1) is 11.8 Å². The summed E-state index contributed by atoms with van der Waals surface area (Å²) in [7, 11) is 0. The Morgan fingerprint density at radius 2 is 2.00 bits per heavy atom. The predicted molar refractivity (Wildman–Crippen MR) is 100 cm³/mol. The largest absolute Gasteiger partial charge is 0.452 e. The lowest BCUT2D eigenvalue weighted by Gasteiger charge is -2.07. The fraction of sp³-hybridized carbons (Fsp3) is 0.111. The van der Waals surface area contributed by atoms with Crippen LogP contribution in [0.4, 0.5) is 0 Å². The van der Waals surface area contributed by atoms with E-state index in [1.165, 1.54) is 11.8 Å². The van der Waals surface area contributed by atoms with Gasteiger partial charge in [0.2, 0.25) is 11.7 Å². The van der Waals surface area contributed by atoms with E-state index in [1.807, 2.05) is 0 Å². The average Bonchev–Trinajstić information content (AvgIpc) is 3.14. The molecule has 1 heterocycles. The summed E-state index contributed by atoms with van der Waals surface area (Å²) in [5.41, 5.74) is 6.17. The van der Waals surface area contributed by atoms with Crippen LogP contribution in [-0.2, 0) is 16.1 Å². The monoisotopic (exact) mass is 403 g/mol. The maximum Gasteiger partial charge on any atom is 0.339 e. The second-order valence-corrected chi connectivity index (χ2v) is 6.80. The Morgan fingerprint density at radius 1 is 1.19 bits per heavy atom. The lowest BCUT2D eigenvalue weighted by atomic mass is 10.2. The van der Waals surface area contributed by atoms with Crippen molar-refractivity contribution in [3.63, 3.8) is 0 Å². The molecule has 3 aromatic rings. The van der Waals surface area contributed by atoms with Gasteiger partial charge in [0.05, 0.1) is 11.3 Å². The Morgan fingerprint density at radius 3 is 2.78 bits per heavy atom. The fourth-order valence-corrected chi connectivity index (χ4v) is 3.14. The van der Waals surface area contributed by atoms with Crippen LogP contribution in [0, 0.1) is 0 Å². The molecule has 3 rings (SSSR count). The van der Waals surface area contributed by atoms with Crippen LogP contribution in [0.1, 0.15) is 16.2 Å². The van der Waals surface area contributed by atoms with Crippen LogP contribution in [0.5, 0.6) is 0 Å². The SMILES string of the molecule is NC(=O)CSc1ccccc1C(=O)OCc1nc(-c2cccc(Cl)c2)no1. The molecule has 138 valence electrons. The van der Waals surface area contributed by atoms with E-state index < -0.39 is 11.9 Å². The first-order chi connectivity index (χ1) is 13.0. The lowest BCUT2D eigenvalue weighted by molar-refractivity contribution is -0.115. The number of hydrogen-bond donors (Lipinski definition) is 1. The van der Waals surface area contributed by atoms with Gasteiger partial charge >= 0.3 is 5.97 Å². The summed E-state index contributed by atoms with van der Waals surface area (Å²) in [6.45, 7) is -0.179. The third-order valence-electron chi connectivity index (χ3n) is 3.35. The molecule has 27 heavy (non-hydrogen) atoms. The highest BCUT2D eigenvalue weighted by Gasteiger charge is 2.16. The van der Waals surface area contributed by atoms with Crippen molar-refractivity contribution in [2.24, 2.45) is 5.73 Å². The van der Waals surface area contributed by atoms with Crippen LogP contribution in [-0.4, -0.2) is 27.8 Å². The van der Waals surface area contributed by atoms with Gasteiger partial charge in [-0.25, -0.2) is 4.79 Å². The molecule has 2 aromatic carbocycles. The molecule has 0 aliphatic carbocycles. The van der Waals surface area contributed by atoms with E-state index in [0.29, 0.717) is 26.9 Å². The van der Waals surface area contributed by atoms with Gasteiger partial charge in [0.15, 0.2) is 6.61 Å². The molecule has 0 saturated heterocycles. The summed E-state index contributed by atoms with van der Waals surface area (Å²) < 4.78 is 10.4. The van der Waals surface area contributed by atoms with Gasteiger partial charge in [0, 0.05) is 15.5 Å². The van der Waals surface area contributed by atoms with Gasteiger partial charge in [-0.05, 0) is 24.3 Å². The number of carbonyl (C=O) groups excluding carboxylic acids is 2. The maximum absolute atomic E-state index is 12.3. The quantitative estimate of drug-likeness (QED) is 0.476. The molecule has 0 spiro atoms. The molecule has 2 N–H and O–H groups in total. The molecule has 0 aliphatic heterocycles. The van der Waals surface area contributed by atoms with Crippen molar-refractivity contribution in [1.82, 2.24) is 10.1 Å². The standard InChI is InChI=1S/C18H14ClN3O4S/c19-12-5-3-4-11(8-12)17-21-16(26-22-17)9-25-18(24)13-6-1-2-7-14(13)27-10-15(20)23/h1-8H,9-10H2,(H2,20,23). The Hall–Kier alpha value is -2.84. The third-order valence-corrected chi connectivity index (χ3v) is 4.69. The molecule has 0 bridgehead atoms. The first kappa shape index (κ1) is 18.9. The van der Waals surface area contributed by atoms with E-state index in [9.17, 15) is 9.59 Å². The number of esters is 1. The number of thioether (sulfide) groups is 1. The number of rotatable bonds is 7. The van der Waals surface area contributed by atoms with Crippen molar-refractivity contribution in [2.45, 2.75) is 11.5 Å². The summed E-state index contributed by atoms with van der Waals surface area (Å²) in [5, 5.41) is 4.40. The number of nitrogens with zero attached hydrogens (tertiary/aromatic N) is 2. The van der Waals surface area contributed by atoms with Gasteiger partial charge in [-0.2, -0.15) is 4.98 Å². The number of amides is 1. The highest BCUT2D eigenvalue weighted by Crippen LogP contribution is 2.24. The number of nitrogens with two attached hydrogens (primary N) is 1. The Bertz CT molecular complexity index is 977. The average molecular weight is 404 g/mol. The molecule has 0 fully saturated rings. The Labute approximate surface area is 163 Å². The van der Waals surface area contributed by atoms with E-state index in [0.717, 1.165) is 0 Å². The summed E-state index contributed by atoms with van der Waals surface area (Å²) in [6.07, 6.45) is 0. The minimum absolute atomic E-state index is 0.0664. The molecule has 9 heteroatoms. The van der Waals surface area contributed by atoms with E-state index >= 15 is 0 Å². The minimum atomic E-state index is -0.565. The van der Waals surface area contributed by atoms with E-state index in [4.69, 9.17) is 26.6 Å². The Kier molecular flexibility index (Phi) is 6.10. The molecular weight excluding hydrogens is 390 g/mol. The van der Waals surface area contributed by atoms with Gasteiger partial charge in [-0.3, -0.25) is 4.79 Å². The number of hydrogen-bond acceptors (Lipinski definition) is 7. The van der Waals surface area contributed by atoms with E-state index in [-0.39, 0.29) is 18.3 Å². The van der Waals surface area contributed by atoms with Crippen LogP contribution < -0.4 is 5.73 Å². The van der Waals surface area contributed by atoms with Crippen LogP contribution >= 0.6 is 23.4 Å². The zero-order valence-electron chi connectivity index (χ0n) is 13.9. The second kappa shape index (κ2) is 8.70. The fourth-order valence-electron chi connectivity index (χ4n) is 2.17. The molecule has 1 amide bonds. The van der Waals surface area contributed by atoms with Crippen molar-refractivity contribution in [1.29, 1.82) is 0 Å². The number of primary amides is 1. The third kappa shape index (κ3) is 5.08. The number of halogens is 1. The number of carbonyl (C=O) groups is 2. The molecule has 0 atom stereocenters. The van der Waals surface area contributed by atoms with Gasteiger partial charge in [0.1, 0.15) is 0 Å². The molecule has 7 nitrogen and oxygen atoms in total. The predicted octanol–water partition coefficient (Wildman–Crippen LogP) is 3.32. The molecule has 0 unspecified atom stereocenters. The van der Waals surface area contributed by atoms with Crippen molar-refractivity contribution in [3.05, 3.63) is 65.0 Å². The first-order valence-electron chi connectivity index (χ1n) is 7.78. The first-order valence-corrected chi connectivity index (χ1v) is 9.15. The van der Waals surface area contributed by atoms with Gasteiger partial charge in [0.25, 0.3) is 5.89 Å².